The molecule has 2 aromatic rings. The third-order valence-electron chi connectivity index (χ3n) is 2.93. The average Bonchev–Trinajstić information content (AvgIpc) is 2.44. The van der Waals surface area contributed by atoms with Crippen molar-refractivity contribution >= 4 is 17.5 Å². The number of benzene rings is 2. The Labute approximate surface area is 121 Å². The highest BCUT2D eigenvalue weighted by Gasteiger charge is 2.22. The summed E-state index contributed by atoms with van der Waals surface area (Å²) >= 11 is 5.72. The van der Waals surface area contributed by atoms with Crippen molar-refractivity contribution in [2.24, 2.45) is 5.73 Å². The molecule has 3 N–H and O–H groups in total. The van der Waals surface area contributed by atoms with Gasteiger partial charge in [0.2, 0.25) is 5.91 Å². The highest BCUT2D eigenvalue weighted by molar-refractivity contribution is 6.30. The van der Waals surface area contributed by atoms with Crippen LogP contribution in [0.5, 0.6) is 0 Å². The lowest BCUT2D eigenvalue weighted by molar-refractivity contribution is -0.120. The van der Waals surface area contributed by atoms with Gasteiger partial charge in [-0.25, -0.2) is 4.39 Å². The predicted octanol–water partition coefficient (Wildman–Crippen LogP) is 2.80. The molecule has 0 heterocycles. The second-order valence-corrected chi connectivity index (χ2v) is 4.75. The van der Waals surface area contributed by atoms with E-state index in [1.807, 2.05) is 30.3 Å². The van der Waals surface area contributed by atoms with Crippen LogP contribution in [-0.2, 0) is 11.3 Å². The Morgan fingerprint density at radius 3 is 2.55 bits per heavy atom. The van der Waals surface area contributed by atoms with Gasteiger partial charge in [0.15, 0.2) is 0 Å². The molecule has 0 aliphatic rings. The molecule has 3 nitrogen and oxygen atoms in total. The van der Waals surface area contributed by atoms with Crippen LogP contribution in [0.25, 0.3) is 0 Å². The number of hydrogen-bond donors (Lipinski definition) is 2. The summed E-state index contributed by atoms with van der Waals surface area (Å²) in [6, 6.07) is 13.1. The maximum Gasteiger partial charge on any atom is 0.239 e. The summed E-state index contributed by atoms with van der Waals surface area (Å²) in [5.74, 6) is -1.28. The van der Waals surface area contributed by atoms with Crippen molar-refractivity contribution in [1.29, 1.82) is 0 Å². The van der Waals surface area contributed by atoms with Gasteiger partial charge in [-0.2, -0.15) is 0 Å². The smallest absolute Gasteiger partial charge is 0.239 e. The molecule has 5 heteroatoms. The molecule has 1 atom stereocenters. The number of primary amides is 1. The number of halogens is 2. The molecule has 0 radical (unpaired) electrons. The summed E-state index contributed by atoms with van der Waals surface area (Å²) in [5, 5.41) is 2.91. The second-order valence-electron chi connectivity index (χ2n) is 4.34. The van der Waals surface area contributed by atoms with Crippen LogP contribution in [0.4, 0.5) is 4.39 Å². The Bertz CT molecular complexity index is 604. The molecule has 0 saturated carbocycles. The van der Waals surface area contributed by atoms with Gasteiger partial charge in [-0.15, -0.1) is 0 Å². The number of carbonyl (C=O) groups excluding carboxylic acids is 1. The highest BCUT2D eigenvalue weighted by atomic mass is 35.5. The molecule has 1 unspecified atom stereocenters. The standard InChI is InChI=1S/C15H14ClFN2O/c16-12-8-4-7-11(13(12)17)14(15(18)20)19-9-10-5-2-1-3-6-10/h1-8,14,19H,9H2,(H2,18,20). The second kappa shape index (κ2) is 6.50. The summed E-state index contributed by atoms with van der Waals surface area (Å²) in [7, 11) is 0. The number of carbonyl (C=O) groups is 1. The largest absolute Gasteiger partial charge is 0.368 e. The van der Waals surface area contributed by atoms with E-state index in [9.17, 15) is 9.18 Å². The molecule has 0 aliphatic heterocycles. The molecule has 20 heavy (non-hydrogen) atoms. The number of amides is 1. The van der Waals surface area contributed by atoms with E-state index in [0.29, 0.717) is 6.54 Å². The van der Waals surface area contributed by atoms with E-state index in [-0.39, 0.29) is 10.6 Å². The molecular formula is C15H14ClFN2O. The van der Waals surface area contributed by atoms with Crippen molar-refractivity contribution in [1.82, 2.24) is 5.32 Å². The van der Waals surface area contributed by atoms with Crippen molar-refractivity contribution in [3.05, 3.63) is 70.5 Å². The minimum atomic E-state index is -0.922. The van der Waals surface area contributed by atoms with Gasteiger partial charge >= 0.3 is 0 Å². The van der Waals surface area contributed by atoms with Crippen LogP contribution in [0.1, 0.15) is 17.2 Å². The number of nitrogens with two attached hydrogens (primary N) is 1. The maximum absolute atomic E-state index is 14.0. The lowest BCUT2D eigenvalue weighted by Crippen LogP contribution is -2.34. The molecule has 2 aromatic carbocycles. The molecule has 0 spiro atoms. The van der Waals surface area contributed by atoms with Crippen molar-refractivity contribution in [2.45, 2.75) is 12.6 Å². The SMILES string of the molecule is NC(=O)C(NCc1ccccc1)c1cccc(Cl)c1F. The quantitative estimate of drug-likeness (QED) is 0.890. The van der Waals surface area contributed by atoms with Gasteiger partial charge in [-0.3, -0.25) is 10.1 Å². The van der Waals surface area contributed by atoms with Crippen molar-refractivity contribution in [3.63, 3.8) is 0 Å². The van der Waals surface area contributed by atoms with Crippen LogP contribution in [0.3, 0.4) is 0 Å². The van der Waals surface area contributed by atoms with Crippen LogP contribution in [0.15, 0.2) is 48.5 Å². The van der Waals surface area contributed by atoms with Crippen molar-refractivity contribution < 1.29 is 9.18 Å². The molecular weight excluding hydrogens is 279 g/mol. The molecule has 0 aromatic heterocycles. The third-order valence-corrected chi connectivity index (χ3v) is 3.22. The zero-order valence-electron chi connectivity index (χ0n) is 10.6. The monoisotopic (exact) mass is 292 g/mol. The van der Waals surface area contributed by atoms with Gasteiger partial charge in [0.1, 0.15) is 11.9 Å². The molecule has 104 valence electrons. The van der Waals surface area contributed by atoms with E-state index >= 15 is 0 Å². The van der Waals surface area contributed by atoms with E-state index in [4.69, 9.17) is 17.3 Å². The van der Waals surface area contributed by atoms with Crippen molar-refractivity contribution in [2.75, 3.05) is 0 Å². The summed E-state index contributed by atoms with van der Waals surface area (Å²) in [4.78, 5) is 11.5. The van der Waals surface area contributed by atoms with Crippen LogP contribution in [-0.4, -0.2) is 5.91 Å². The maximum atomic E-state index is 14.0. The molecule has 0 saturated heterocycles. The normalized spacial score (nSPS) is 12.1. The van der Waals surface area contributed by atoms with Crippen LogP contribution in [0, 0.1) is 5.82 Å². The minimum Gasteiger partial charge on any atom is -0.368 e. The van der Waals surface area contributed by atoms with Gasteiger partial charge < -0.3 is 5.73 Å². The van der Waals surface area contributed by atoms with Gasteiger partial charge in [0.05, 0.1) is 5.02 Å². The van der Waals surface area contributed by atoms with Gasteiger partial charge in [-0.05, 0) is 11.6 Å². The minimum absolute atomic E-state index is 0.0322. The van der Waals surface area contributed by atoms with Gasteiger partial charge in [0.25, 0.3) is 0 Å². The molecule has 0 bridgehead atoms. The van der Waals surface area contributed by atoms with E-state index < -0.39 is 17.8 Å². The lowest BCUT2D eigenvalue weighted by Gasteiger charge is -2.17. The van der Waals surface area contributed by atoms with Gasteiger partial charge in [-0.1, -0.05) is 54.1 Å². The Morgan fingerprint density at radius 1 is 1.20 bits per heavy atom. The van der Waals surface area contributed by atoms with Crippen LogP contribution < -0.4 is 11.1 Å². The fourth-order valence-electron chi connectivity index (χ4n) is 1.92. The van der Waals surface area contributed by atoms with E-state index in [1.54, 1.807) is 6.07 Å². The summed E-state index contributed by atoms with van der Waals surface area (Å²) < 4.78 is 14.0. The Hall–Kier alpha value is -1.91. The number of hydrogen-bond acceptors (Lipinski definition) is 2. The first kappa shape index (κ1) is 14.5. The Kier molecular flexibility index (Phi) is 4.71. The topological polar surface area (TPSA) is 55.1 Å². The first-order chi connectivity index (χ1) is 9.59. The zero-order valence-corrected chi connectivity index (χ0v) is 11.4. The third kappa shape index (κ3) is 3.35. The van der Waals surface area contributed by atoms with Crippen LogP contribution >= 0.6 is 11.6 Å². The van der Waals surface area contributed by atoms with E-state index in [2.05, 4.69) is 5.32 Å². The van der Waals surface area contributed by atoms with Crippen molar-refractivity contribution in [3.8, 4) is 0 Å². The predicted molar refractivity (Wildman–Crippen MR) is 76.6 cm³/mol. The fraction of sp³-hybridized carbons (Fsp3) is 0.133. The fourth-order valence-corrected chi connectivity index (χ4v) is 2.10. The van der Waals surface area contributed by atoms with E-state index in [0.717, 1.165) is 5.56 Å². The van der Waals surface area contributed by atoms with E-state index in [1.165, 1.54) is 12.1 Å². The molecule has 1 amide bonds. The van der Waals surface area contributed by atoms with Gasteiger partial charge in [0, 0.05) is 12.1 Å². The zero-order chi connectivity index (χ0) is 14.5. The summed E-state index contributed by atoms with van der Waals surface area (Å²) in [6.07, 6.45) is 0. The Morgan fingerprint density at radius 2 is 1.90 bits per heavy atom. The number of nitrogens with one attached hydrogen (secondary N) is 1. The number of rotatable bonds is 5. The summed E-state index contributed by atoms with van der Waals surface area (Å²) in [5.41, 5.74) is 6.47. The average molecular weight is 293 g/mol. The molecule has 0 aliphatic carbocycles. The molecule has 0 fully saturated rings. The summed E-state index contributed by atoms with van der Waals surface area (Å²) in [6.45, 7) is 0.403. The molecule has 2 rings (SSSR count). The highest BCUT2D eigenvalue weighted by Crippen LogP contribution is 2.23. The Balaban J connectivity index is 2.20. The first-order valence-corrected chi connectivity index (χ1v) is 6.48. The first-order valence-electron chi connectivity index (χ1n) is 6.10. The van der Waals surface area contributed by atoms with Crippen LogP contribution in [0.2, 0.25) is 5.02 Å². The lowest BCUT2D eigenvalue weighted by atomic mass is 10.1.